The van der Waals surface area contributed by atoms with Gasteiger partial charge < -0.3 is 19.6 Å². The summed E-state index contributed by atoms with van der Waals surface area (Å²) < 4.78 is 10.8. The molecule has 4 heterocycles. The SMILES string of the molecule is Cc1oncc1C(=O)N[C@H]1C[C@H]2C(=O)NC[C@@H](Cc3nnc(-c4ccccc4)o3)N2C1. The normalized spacial score (nSPS) is 23.4. The summed E-state index contributed by atoms with van der Waals surface area (Å²) in [6.45, 7) is 2.75. The molecule has 0 aliphatic carbocycles. The molecule has 2 fully saturated rings. The Kier molecular flexibility index (Phi) is 4.99. The molecule has 10 heteroatoms. The molecule has 1 aromatic carbocycles. The van der Waals surface area contributed by atoms with E-state index < -0.39 is 0 Å². The summed E-state index contributed by atoms with van der Waals surface area (Å²) in [6.07, 6.45) is 2.46. The smallest absolute Gasteiger partial charge is 0.256 e. The lowest BCUT2D eigenvalue weighted by molar-refractivity contribution is -0.129. The number of amides is 2. The van der Waals surface area contributed by atoms with Crippen LogP contribution in [0.25, 0.3) is 11.5 Å². The molecule has 2 aliphatic heterocycles. The molecular formula is C21H22N6O4. The number of aryl methyl sites for hydroxylation is 1. The summed E-state index contributed by atoms with van der Waals surface area (Å²) in [7, 11) is 0. The molecule has 2 saturated heterocycles. The number of carbonyl (C=O) groups is 2. The van der Waals surface area contributed by atoms with Crippen LogP contribution in [-0.2, 0) is 11.2 Å². The minimum absolute atomic E-state index is 0.00556. The monoisotopic (exact) mass is 422 g/mol. The molecule has 2 aliphatic rings. The Bertz CT molecular complexity index is 1090. The first kappa shape index (κ1) is 19.4. The van der Waals surface area contributed by atoms with E-state index in [1.807, 2.05) is 30.3 Å². The summed E-state index contributed by atoms with van der Waals surface area (Å²) in [6, 6.07) is 9.15. The van der Waals surface area contributed by atoms with Crippen molar-refractivity contribution in [3.63, 3.8) is 0 Å². The number of nitrogens with zero attached hydrogens (tertiary/aromatic N) is 4. The highest BCUT2D eigenvalue weighted by molar-refractivity contribution is 5.95. The fourth-order valence-electron chi connectivity index (χ4n) is 4.28. The molecule has 31 heavy (non-hydrogen) atoms. The molecule has 0 saturated carbocycles. The van der Waals surface area contributed by atoms with Crippen molar-refractivity contribution >= 4 is 11.8 Å². The molecular weight excluding hydrogens is 400 g/mol. The molecule has 0 unspecified atom stereocenters. The summed E-state index contributed by atoms with van der Waals surface area (Å²) in [5.41, 5.74) is 1.27. The first-order valence-corrected chi connectivity index (χ1v) is 10.2. The van der Waals surface area contributed by atoms with E-state index in [-0.39, 0.29) is 29.9 Å². The molecule has 2 aromatic heterocycles. The van der Waals surface area contributed by atoms with Crippen LogP contribution >= 0.6 is 0 Å². The second-order valence-corrected chi connectivity index (χ2v) is 7.88. The maximum atomic E-state index is 12.5. The number of nitrogens with one attached hydrogen (secondary N) is 2. The predicted molar refractivity (Wildman–Crippen MR) is 108 cm³/mol. The van der Waals surface area contributed by atoms with Crippen molar-refractivity contribution in [3.8, 4) is 11.5 Å². The van der Waals surface area contributed by atoms with E-state index in [0.29, 0.717) is 49.0 Å². The van der Waals surface area contributed by atoms with E-state index in [0.717, 1.165) is 5.56 Å². The van der Waals surface area contributed by atoms with Crippen LogP contribution in [-0.4, -0.2) is 63.3 Å². The first-order chi connectivity index (χ1) is 15.1. The zero-order valence-corrected chi connectivity index (χ0v) is 16.9. The van der Waals surface area contributed by atoms with Crippen LogP contribution in [0, 0.1) is 6.92 Å². The van der Waals surface area contributed by atoms with Gasteiger partial charge in [0.1, 0.15) is 11.3 Å². The second-order valence-electron chi connectivity index (χ2n) is 7.88. The number of fused-ring (bicyclic) bond motifs is 1. The third-order valence-corrected chi connectivity index (χ3v) is 5.85. The van der Waals surface area contributed by atoms with Crippen LogP contribution in [0.2, 0.25) is 0 Å². The third-order valence-electron chi connectivity index (χ3n) is 5.85. The van der Waals surface area contributed by atoms with Gasteiger partial charge in [0.05, 0.1) is 12.2 Å². The van der Waals surface area contributed by atoms with E-state index in [1.165, 1.54) is 6.20 Å². The summed E-state index contributed by atoms with van der Waals surface area (Å²) >= 11 is 0. The van der Waals surface area contributed by atoms with Gasteiger partial charge in [0.15, 0.2) is 0 Å². The fourth-order valence-corrected chi connectivity index (χ4v) is 4.28. The topological polar surface area (TPSA) is 126 Å². The van der Waals surface area contributed by atoms with E-state index >= 15 is 0 Å². The van der Waals surface area contributed by atoms with Gasteiger partial charge in [-0.15, -0.1) is 10.2 Å². The molecule has 3 aromatic rings. The van der Waals surface area contributed by atoms with Gasteiger partial charge in [0, 0.05) is 37.2 Å². The van der Waals surface area contributed by atoms with Crippen LogP contribution in [0.15, 0.2) is 45.5 Å². The van der Waals surface area contributed by atoms with Crippen LogP contribution in [0.1, 0.15) is 28.4 Å². The van der Waals surface area contributed by atoms with Gasteiger partial charge in [-0.25, -0.2) is 0 Å². The van der Waals surface area contributed by atoms with Crippen molar-refractivity contribution in [2.45, 2.75) is 37.9 Å². The first-order valence-electron chi connectivity index (χ1n) is 10.2. The van der Waals surface area contributed by atoms with Gasteiger partial charge in [-0.05, 0) is 25.5 Å². The van der Waals surface area contributed by atoms with Crippen LogP contribution in [0.3, 0.4) is 0 Å². The number of aromatic nitrogens is 3. The van der Waals surface area contributed by atoms with Gasteiger partial charge in [0.25, 0.3) is 5.91 Å². The number of hydrogen-bond donors (Lipinski definition) is 2. The van der Waals surface area contributed by atoms with E-state index in [2.05, 4.69) is 30.9 Å². The van der Waals surface area contributed by atoms with Crippen molar-refractivity contribution < 1.29 is 18.5 Å². The number of carbonyl (C=O) groups excluding carboxylic acids is 2. The summed E-state index contributed by atoms with van der Waals surface area (Å²) in [5, 5.41) is 17.9. The molecule has 2 N–H and O–H groups in total. The van der Waals surface area contributed by atoms with Crippen molar-refractivity contribution in [2.24, 2.45) is 0 Å². The Balaban J connectivity index is 1.27. The Morgan fingerprint density at radius 3 is 2.90 bits per heavy atom. The van der Waals surface area contributed by atoms with Gasteiger partial charge in [0.2, 0.25) is 17.7 Å². The zero-order valence-electron chi connectivity index (χ0n) is 16.9. The average molecular weight is 422 g/mol. The van der Waals surface area contributed by atoms with E-state index in [1.54, 1.807) is 6.92 Å². The maximum Gasteiger partial charge on any atom is 0.256 e. The van der Waals surface area contributed by atoms with Crippen LogP contribution in [0.5, 0.6) is 0 Å². The highest BCUT2D eigenvalue weighted by Gasteiger charge is 2.44. The molecule has 3 atom stereocenters. The van der Waals surface area contributed by atoms with E-state index in [4.69, 9.17) is 8.94 Å². The van der Waals surface area contributed by atoms with Crippen LogP contribution in [0.4, 0.5) is 0 Å². The maximum absolute atomic E-state index is 12.5. The fraction of sp³-hybridized carbons (Fsp3) is 0.381. The Labute approximate surface area is 178 Å². The lowest BCUT2D eigenvalue weighted by Gasteiger charge is -2.36. The lowest BCUT2D eigenvalue weighted by atomic mass is 10.1. The molecule has 5 rings (SSSR count). The molecule has 160 valence electrons. The quantitative estimate of drug-likeness (QED) is 0.622. The Morgan fingerprint density at radius 1 is 1.29 bits per heavy atom. The van der Waals surface area contributed by atoms with Crippen LogP contribution < -0.4 is 10.6 Å². The van der Waals surface area contributed by atoms with Crippen molar-refractivity contribution in [1.82, 2.24) is 30.9 Å². The Hall–Kier alpha value is -3.53. The summed E-state index contributed by atoms with van der Waals surface area (Å²) in [4.78, 5) is 27.1. The standard InChI is InChI=1S/C21H22N6O4/c1-12-16(10-23-31-12)19(28)24-14-7-17-20(29)22-9-15(27(17)11-14)8-18-25-26-21(30-18)13-5-3-2-4-6-13/h2-6,10,14-15,17H,7-9,11H2,1H3,(H,22,29)(H,24,28)/t14-,15+,17-/m0/s1. The predicted octanol–water partition coefficient (Wildman–Crippen LogP) is 0.947. The number of rotatable bonds is 5. The van der Waals surface area contributed by atoms with Crippen molar-refractivity contribution in [3.05, 3.63) is 53.7 Å². The van der Waals surface area contributed by atoms with Crippen molar-refractivity contribution in [2.75, 3.05) is 13.1 Å². The molecule has 10 nitrogen and oxygen atoms in total. The average Bonchev–Trinajstić information content (AvgIpc) is 3.51. The van der Waals surface area contributed by atoms with Gasteiger partial charge >= 0.3 is 0 Å². The molecule has 0 radical (unpaired) electrons. The van der Waals surface area contributed by atoms with Gasteiger partial charge in [-0.1, -0.05) is 23.4 Å². The van der Waals surface area contributed by atoms with Crippen molar-refractivity contribution in [1.29, 1.82) is 0 Å². The minimum atomic E-state index is -0.302. The Morgan fingerprint density at radius 2 is 2.13 bits per heavy atom. The van der Waals surface area contributed by atoms with Gasteiger partial charge in [-0.3, -0.25) is 14.5 Å². The van der Waals surface area contributed by atoms with E-state index in [9.17, 15) is 9.59 Å². The largest absolute Gasteiger partial charge is 0.421 e. The number of piperazine rings is 1. The van der Waals surface area contributed by atoms with Gasteiger partial charge in [-0.2, -0.15) is 0 Å². The minimum Gasteiger partial charge on any atom is -0.421 e. The number of benzene rings is 1. The highest BCUT2D eigenvalue weighted by Crippen LogP contribution is 2.26. The molecule has 2 amide bonds. The lowest BCUT2D eigenvalue weighted by Crippen LogP contribution is -2.58. The zero-order chi connectivity index (χ0) is 21.4. The number of hydrogen-bond acceptors (Lipinski definition) is 8. The second kappa shape index (κ2) is 7.95. The third kappa shape index (κ3) is 3.81. The molecule has 0 bridgehead atoms. The summed E-state index contributed by atoms with van der Waals surface area (Å²) in [5.74, 6) is 1.19. The highest BCUT2D eigenvalue weighted by atomic mass is 16.5. The molecule has 0 spiro atoms.